The Morgan fingerprint density at radius 3 is 2.28 bits per heavy atom. The fraction of sp³-hybridized carbons (Fsp3) is 0.394. The Bertz CT molecular complexity index is 1470. The number of carbonyl (C=O) groups is 2. The van der Waals surface area contributed by atoms with Crippen LogP contribution >= 0.6 is 0 Å². The molecular weight excluding hydrogens is 566 g/mol. The van der Waals surface area contributed by atoms with Crippen molar-refractivity contribution in [3.63, 3.8) is 0 Å². The molecule has 5 rings (SSSR count). The minimum Gasteiger partial charge on any atom is -0.497 e. The van der Waals surface area contributed by atoms with Gasteiger partial charge in [0.05, 0.1) is 18.1 Å². The number of methoxy groups -OCH3 is 1. The molecule has 1 saturated heterocycles. The highest BCUT2D eigenvalue weighted by Gasteiger charge is 2.32. The number of benzene rings is 3. The lowest BCUT2D eigenvalue weighted by Crippen LogP contribution is -2.45. The lowest BCUT2D eigenvalue weighted by atomic mass is 10.0. The van der Waals surface area contributed by atoms with Crippen LogP contribution in [0.3, 0.4) is 0 Å². The predicted molar refractivity (Wildman–Crippen MR) is 163 cm³/mol. The van der Waals surface area contributed by atoms with Gasteiger partial charge in [0.15, 0.2) is 0 Å². The zero-order valence-corrected chi connectivity index (χ0v) is 25.2. The van der Waals surface area contributed by atoms with E-state index in [4.69, 9.17) is 9.47 Å². The van der Waals surface area contributed by atoms with E-state index in [0.29, 0.717) is 30.9 Å². The topological polar surface area (TPSA) is 114 Å². The highest BCUT2D eigenvalue weighted by molar-refractivity contribution is 7.89. The molecule has 2 amide bonds. The SMILES string of the molecule is COc1ccc(CN(C(=O)CCc2ccc(S(=O)(=O)NC3CC3)cc2)[C@@H](C(=O)NC[C@@H]2CCCO2)c2ccccc2)cc1. The van der Waals surface area contributed by atoms with Gasteiger partial charge < -0.3 is 19.7 Å². The van der Waals surface area contributed by atoms with E-state index in [1.54, 1.807) is 36.3 Å². The standard InChI is InChI=1S/C33H39N3O6S/c1-41-28-16-9-25(10-17-28)23-36(32(26-6-3-2-4-7-26)33(38)34-22-29-8-5-21-42-29)31(37)20-13-24-11-18-30(19-12-24)43(39,40)35-27-14-15-27/h2-4,6-7,9-12,16-19,27,29,32,35H,5,8,13-15,20-23H2,1H3,(H,34,38)/t29-,32+/m0/s1. The van der Waals surface area contributed by atoms with Crippen LogP contribution in [0.25, 0.3) is 0 Å². The first-order chi connectivity index (χ1) is 20.8. The van der Waals surface area contributed by atoms with Gasteiger partial charge in [-0.2, -0.15) is 0 Å². The van der Waals surface area contributed by atoms with Gasteiger partial charge >= 0.3 is 0 Å². The largest absolute Gasteiger partial charge is 0.497 e. The Labute approximate surface area is 253 Å². The summed E-state index contributed by atoms with van der Waals surface area (Å²) in [7, 11) is -1.95. The first-order valence-electron chi connectivity index (χ1n) is 14.8. The summed E-state index contributed by atoms with van der Waals surface area (Å²) >= 11 is 0. The number of sulfonamides is 1. The van der Waals surface area contributed by atoms with Gasteiger partial charge in [-0.05, 0) is 73.1 Å². The van der Waals surface area contributed by atoms with Crippen LogP contribution in [-0.4, -0.2) is 57.5 Å². The minimum absolute atomic E-state index is 0.0273. The molecule has 9 nitrogen and oxygen atoms in total. The zero-order chi connectivity index (χ0) is 30.2. The van der Waals surface area contributed by atoms with Crippen LogP contribution in [0.1, 0.15) is 54.8 Å². The van der Waals surface area contributed by atoms with Crippen molar-refractivity contribution >= 4 is 21.8 Å². The fourth-order valence-electron chi connectivity index (χ4n) is 5.19. The number of rotatable bonds is 14. The van der Waals surface area contributed by atoms with Gasteiger partial charge in [-0.3, -0.25) is 9.59 Å². The summed E-state index contributed by atoms with van der Waals surface area (Å²) in [6.45, 7) is 1.30. The van der Waals surface area contributed by atoms with E-state index < -0.39 is 16.1 Å². The molecular formula is C33H39N3O6S. The zero-order valence-electron chi connectivity index (χ0n) is 24.4. The first kappa shape index (κ1) is 30.7. The van der Waals surface area contributed by atoms with Crippen LogP contribution in [0.2, 0.25) is 0 Å². The lowest BCUT2D eigenvalue weighted by molar-refractivity contribution is -0.141. The molecule has 2 aliphatic rings. The van der Waals surface area contributed by atoms with Crippen molar-refractivity contribution in [1.29, 1.82) is 0 Å². The van der Waals surface area contributed by atoms with Crippen LogP contribution in [0.4, 0.5) is 0 Å². The van der Waals surface area contributed by atoms with Crippen molar-refractivity contribution in [2.45, 2.75) is 68.2 Å². The monoisotopic (exact) mass is 605 g/mol. The summed E-state index contributed by atoms with van der Waals surface area (Å²) in [4.78, 5) is 29.6. The fourth-order valence-corrected chi connectivity index (χ4v) is 6.50. The number of hydrogen-bond acceptors (Lipinski definition) is 6. The molecule has 0 spiro atoms. The molecule has 10 heteroatoms. The second kappa shape index (κ2) is 14.2. The molecule has 1 saturated carbocycles. The lowest BCUT2D eigenvalue weighted by Gasteiger charge is -2.32. The number of ether oxygens (including phenoxy) is 2. The summed E-state index contributed by atoms with van der Waals surface area (Å²) in [5.74, 6) is 0.249. The van der Waals surface area contributed by atoms with E-state index in [0.717, 1.165) is 36.8 Å². The van der Waals surface area contributed by atoms with Gasteiger partial charge in [0.2, 0.25) is 21.8 Å². The minimum atomic E-state index is -3.55. The van der Waals surface area contributed by atoms with Gasteiger partial charge in [-0.25, -0.2) is 13.1 Å². The van der Waals surface area contributed by atoms with Crippen molar-refractivity contribution < 1.29 is 27.5 Å². The van der Waals surface area contributed by atoms with Crippen LogP contribution in [-0.2, 0) is 37.3 Å². The number of hydrogen-bond donors (Lipinski definition) is 2. The summed E-state index contributed by atoms with van der Waals surface area (Å²) in [5, 5.41) is 3.03. The van der Waals surface area contributed by atoms with Crippen molar-refractivity contribution in [3.8, 4) is 5.75 Å². The van der Waals surface area contributed by atoms with Crippen LogP contribution in [0.5, 0.6) is 5.75 Å². The molecule has 1 aliphatic heterocycles. The third kappa shape index (κ3) is 8.43. The van der Waals surface area contributed by atoms with Crippen LogP contribution < -0.4 is 14.8 Å². The Kier molecular flexibility index (Phi) is 10.1. The van der Waals surface area contributed by atoms with E-state index in [9.17, 15) is 18.0 Å². The molecule has 2 atom stereocenters. The molecule has 2 N–H and O–H groups in total. The third-order valence-electron chi connectivity index (χ3n) is 7.80. The van der Waals surface area contributed by atoms with Crippen molar-refractivity contribution in [2.24, 2.45) is 0 Å². The Balaban J connectivity index is 1.35. The normalized spacial score (nSPS) is 17.3. The molecule has 0 radical (unpaired) electrons. The van der Waals surface area contributed by atoms with Gasteiger partial charge in [-0.15, -0.1) is 0 Å². The van der Waals surface area contributed by atoms with Crippen molar-refractivity contribution in [1.82, 2.24) is 14.9 Å². The van der Waals surface area contributed by atoms with E-state index >= 15 is 0 Å². The van der Waals surface area contributed by atoms with Crippen LogP contribution in [0, 0.1) is 0 Å². The molecule has 228 valence electrons. The Hall–Kier alpha value is -3.73. The average molecular weight is 606 g/mol. The predicted octanol–water partition coefficient (Wildman–Crippen LogP) is 4.13. The molecule has 3 aromatic rings. The van der Waals surface area contributed by atoms with Gasteiger partial charge in [0.25, 0.3) is 0 Å². The maximum absolute atomic E-state index is 14.0. The van der Waals surface area contributed by atoms with Crippen molar-refractivity contribution in [2.75, 3.05) is 20.3 Å². The van der Waals surface area contributed by atoms with E-state index in [1.165, 1.54) is 0 Å². The number of aryl methyl sites for hydroxylation is 1. The van der Waals surface area contributed by atoms with Gasteiger partial charge in [0, 0.05) is 32.2 Å². The number of carbonyl (C=O) groups excluding carboxylic acids is 2. The molecule has 0 bridgehead atoms. The second-order valence-electron chi connectivity index (χ2n) is 11.1. The molecule has 0 unspecified atom stereocenters. The maximum Gasteiger partial charge on any atom is 0.247 e. The molecule has 1 aliphatic carbocycles. The Morgan fingerprint density at radius 2 is 1.65 bits per heavy atom. The smallest absolute Gasteiger partial charge is 0.247 e. The number of nitrogens with one attached hydrogen (secondary N) is 2. The maximum atomic E-state index is 14.0. The summed E-state index contributed by atoms with van der Waals surface area (Å²) in [6.07, 6.45) is 4.09. The molecule has 2 fully saturated rings. The van der Waals surface area contributed by atoms with E-state index in [1.807, 2.05) is 54.6 Å². The van der Waals surface area contributed by atoms with E-state index in [-0.39, 0.29) is 41.8 Å². The van der Waals surface area contributed by atoms with E-state index in [2.05, 4.69) is 10.0 Å². The highest BCUT2D eigenvalue weighted by Crippen LogP contribution is 2.27. The molecule has 1 heterocycles. The first-order valence-corrected chi connectivity index (χ1v) is 16.3. The summed E-state index contributed by atoms with van der Waals surface area (Å²) in [5.41, 5.74) is 2.41. The quantitative estimate of drug-likeness (QED) is 0.286. The Morgan fingerprint density at radius 1 is 0.953 bits per heavy atom. The second-order valence-corrected chi connectivity index (χ2v) is 12.8. The average Bonchev–Trinajstić information content (AvgIpc) is 3.67. The highest BCUT2D eigenvalue weighted by atomic mass is 32.2. The molecule has 3 aromatic carbocycles. The van der Waals surface area contributed by atoms with Gasteiger partial charge in [-0.1, -0.05) is 54.6 Å². The van der Waals surface area contributed by atoms with Gasteiger partial charge in [0.1, 0.15) is 11.8 Å². The summed E-state index contributed by atoms with van der Waals surface area (Å²) < 4.78 is 38.8. The number of nitrogens with zero attached hydrogens (tertiary/aromatic N) is 1. The summed E-state index contributed by atoms with van der Waals surface area (Å²) in [6, 6.07) is 22.6. The third-order valence-corrected chi connectivity index (χ3v) is 9.33. The molecule has 0 aromatic heterocycles. The number of amides is 2. The van der Waals surface area contributed by atoms with Crippen LogP contribution in [0.15, 0.2) is 83.8 Å². The van der Waals surface area contributed by atoms with Crippen molar-refractivity contribution in [3.05, 3.63) is 95.6 Å². The molecule has 43 heavy (non-hydrogen) atoms.